The lowest BCUT2D eigenvalue weighted by Gasteiger charge is -2.13. The molecule has 0 amide bonds. The highest BCUT2D eigenvalue weighted by molar-refractivity contribution is 7.99. The van der Waals surface area contributed by atoms with E-state index in [1.165, 1.54) is 5.56 Å². The molecule has 0 saturated carbocycles. The molecular weight excluding hydrogens is 306 g/mol. The van der Waals surface area contributed by atoms with E-state index >= 15 is 0 Å². The first-order valence-electron chi connectivity index (χ1n) is 7.19. The average Bonchev–Trinajstić information content (AvgIpc) is 2.57. The summed E-state index contributed by atoms with van der Waals surface area (Å²) in [4.78, 5) is 10.6. The highest BCUT2D eigenvalue weighted by Gasteiger charge is 2.17. The predicted octanol–water partition coefficient (Wildman–Crippen LogP) is 4.19. The van der Waals surface area contributed by atoms with Gasteiger partial charge in [-0.3, -0.25) is 0 Å². The van der Waals surface area contributed by atoms with Crippen LogP contribution in [0.4, 0.5) is 5.95 Å². The van der Waals surface area contributed by atoms with Gasteiger partial charge >= 0.3 is 0 Å². The molecule has 4 nitrogen and oxygen atoms in total. The topological polar surface area (TPSA) is 61.0 Å². The summed E-state index contributed by atoms with van der Waals surface area (Å²) in [6.45, 7) is 2.07. The fraction of sp³-hybridized carbons (Fsp3) is 0.111. The third kappa shape index (κ3) is 3.46. The summed E-state index contributed by atoms with van der Waals surface area (Å²) in [6.07, 6.45) is 0. The molecule has 0 unspecified atom stereocenters. The number of aromatic nitrogens is 2. The van der Waals surface area contributed by atoms with Crippen molar-refractivity contribution in [3.8, 4) is 17.1 Å². The van der Waals surface area contributed by atoms with Gasteiger partial charge in [0.2, 0.25) is 11.8 Å². The number of nitrogens with two attached hydrogens (primary N) is 1. The molecule has 116 valence electrons. The molecule has 1 aromatic heterocycles. The summed E-state index contributed by atoms with van der Waals surface area (Å²) in [7, 11) is 1.59. The first kappa shape index (κ1) is 15.4. The van der Waals surface area contributed by atoms with Gasteiger partial charge < -0.3 is 10.5 Å². The molecule has 0 fully saturated rings. The Morgan fingerprint density at radius 2 is 1.78 bits per heavy atom. The molecule has 2 N–H and O–H groups in total. The van der Waals surface area contributed by atoms with Crippen molar-refractivity contribution in [1.29, 1.82) is 0 Å². The predicted molar refractivity (Wildman–Crippen MR) is 93.7 cm³/mol. The van der Waals surface area contributed by atoms with E-state index in [4.69, 9.17) is 10.5 Å². The lowest BCUT2D eigenvalue weighted by Crippen LogP contribution is -2.02. The number of nitrogens with zero attached hydrogens (tertiary/aromatic N) is 2. The van der Waals surface area contributed by atoms with Crippen LogP contribution in [-0.4, -0.2) is 17.1 Å². The van der Waals surface area contributed by atoms with E-state index in [-0.39, 0.29) is 5.95 Å². The SMILES string of the molecule is COc1nc(N)nc(-c2ccccc2)c1Sc1cccc(C)c1. The van der Waals surface area contributed by atoms with Crippen LogP contribution in [0.3, 0.4) is 0 Å². The van der Waals surface area contributed by atoms with E-state index in [9.17, 15) is 0 Å². The van der Waals surface area contributed by atoms with E-state index in [1.807, 2.05) is 36.4 Å². The molecule has 0 radical (unpaired) electrons. The van der Waals surface area contributed by atoms with Crippen molar-refractivity contribution in [3.63, 3.8) is 0 Å². The molecule has 0 spiro atoms. The molecule has 0 aliphatic carbocycles. The average molecular weight is 323 g/mol. The normalized spacial score (nSPS) is 10.5. The summed E-state index contributed by atoms with van der Waals surface area (Å²) in [5, 5.41) is 0. The van der Waals surface area contributed by atoms with Gasteiger partial charge in [0, 0.05) is 10.5 Å². The van der Waals surface area contributed by atoms with Gasteiger partial charge in [-0.1, -0.05) is 59.8 Å². The molecule has 23 heavy (non-hydrogen) atoms. The van der Waals surface area contributed by atoms with Crippen LogP contribution < -0.4 is 10.5 Å². The first-order valence-corrected chi connectivity index (χ1v) is 8.00. The number of rotatable bonds is 4. The van der Waals surface area contributed by atoms with Crippen LogP contribution in [0.2, 0.25) is 0 Å². The Bertz CT molecular complexity index is 822. The van der Waals surface area contributed by atoms with E-state index in [2.05, 4.69) is 35.1 Å². The van der Waals surface area contributed by atoms with Crippen molar-refractivity contribution in [3.05, 3.63) is 60.2 Å². The fourth-order valence-corrected chi connectivity index (χ4v) is 3.37. The third-order valence-corrected chi connectivity index (χ3v) is 4.36. The lowest BCUT2D eigenvalue weighted by molar-refractivity contribution is 0.387. The Kier molecular flexibility index (Phi) is 4.48. The highest BCUT2D eigenvalue weighted by Crippen LogP contribution is 2.40. The quantitative estimate of drug-likeness (QED) is 0.780. The Morgan fingerprint density at radius 1 is 1.00 bits per heavy atom. The molecule has 0 atom stereocenters. The maximum atomic E-state index is 5.85. The molecular formula is C18H17N3OS. The molecule has 0 aliphatic rings. The van der Waals surface area contributed by atoms with Crippen molar-refractivity contribution in [2.24, 2.45) is 0 Å². The summed E-state index contributed by atoms with van der Waals surface area (Å²) in [5.41, 5.74) is 8.81. The smallest absolute Gasteiger partial charge is 0.233 e. The van der Waals surface area contributed by atoms with Crippen molar-refractivity contribution in [1.82, 2.24) is 9.97 Å². The van der Waals surface area contributed by atoms with Crippen LogP contribution in [0.5, 0.6) is 5.88 Å². The minimum Gasteiger partial charge on any atom is -0.480 e. The number of benzene rings is 2. The second-order valence-corrected chi connectivity index (χ2v) is 6.14. The highest BCUT2D eigenvalue weighted by atomic mass is 32.2. The van der Waals surface area contributed by atoms with E-state index in [1.54, 1.807) is 18.9 Å². The molecule has 0 aliphatic heterocycles. The van der Waals surface area contributed by atoms with Gasteiger partial charge in [-0.25, -0.2) is 4.98 Å². The van der Waals surface area contributed by atoms with E-state index < -0.39 is 0 Å². The Morgan fingerprint density at radius 3 is 2.48 bits per heavy atom. The third-order valence-electron chi connectivity index (χ3n) is 3.30. The lowest BCUT2D eigenvalue weighted by atomic mass is 10.1. The van der Waals surface area contributed by atoms with E-state index in [0.29, 0.717) is 5.88 Å². The molecule has 1 heterocycles. The second-order valence-electron chi connectivity index (χ2n) is 5.05. The molecule has 0 bridgehead atoms. The van der Waals surface area contributed by atoms with Gasteiger partial charge in [0.25, 0.3) is 0 Å². The molecule has 5 heteroatoms. The Balaban J connectivity index is 2.13. The largest absolute Gasteiger partial charge is 0.480 e. The molecule has 3 rings (SSSR count). The minimum atomic E-state index is 0.203. The van der Waals surface area contributed by atoms with Crippen LogP contribution >= 0.6 is 11.8 Å². The number of ether oxygens (including phenoxy) is 1. The van der Waals surface area contributed by atoms with Crippen LogP contribution in [0.15, 0.2) is 64.4 Å². The standard InChI is InChI=1S/C18H17N3OS/c1-12-7-6-10-14(11-12)23-16-15(13-8-4-3-5-9-13)20-18(19)21-17(16)22-2/h3-11H,1-2H3,(H2,19,20,21). The van der Waals surface area contributed by atoms with Crippen molar-refractivity contribution >= 4 is 17.7 Å². The maximum Gasteiger partial charge on any atom is 0.233 e. The zero-order chi connectivity index (χ0) is 16.2. The summed E-state index contributed by atoms with van der Waals surface area (Å²) >= 11 is 1.58. The number of methoxy groups -OCH3 is 1. The number of hydrogen-bond donors (Lipinski definition) is 1. The Labute approximate surface area is 139 Å². The zero-order valence-corrected chi connectivity index (χ0v) is 13.8. The van der Waals surface area contributed by atoms with Gasteiger partial charge in [0.1, 0.15) is 4.90 Å². The van der Waals surface area contributed by atoms with Gasteiger partial charge in [-0.05, 0) is 19.1 Å². The van der Waals surface area contributed by atoms with Gasteiger partial charge in [-0.2, -0.15) is 4.98 Å². The summed E-state index contributed by atoms with van der Waals surface area (Å²) in [6, 6.07) is 18.2. The Hall–Kier alpha value is -2.53. The second kappa shape index (κ2) is 6.71. The van der Waals surface area contributed by atoms with Crippen LogP contribution in [-0.2, 0) is 0 Å². The molecule has 3 aromatic rings. The molecule has 0 saturated heterocycles. The number of hydrogen-bond acceptors (Lipinski definition) is 5. The van der Waals surface area contributed by atoms with E-state index in [0.717, 1.165) is 21.0 Å². The van der Waals surface area contributed by atoms with Crippen molar-refractivity contribution < 1.29 is 4.74 Å². The van der Waals surface area contributed by atoms with Gasteiger partial charge in [0.15, 0.2) is 0 Å². The minimum absolute atomic E-state index is 0.203. The summed E-state index contributed by atoms with van der Waals surface area (Å²) in [5.74, 6) is 0.692. The fourth-order valence-electron chi connectivity index (χ4n) is 2.27. The van der Waals surface area contributed by atoms with Crippen LogP contribution in [0, 0.1) is 6.92 Å². The maximum absolute atomic E-state index is 5.85. The monoisotopic (exact) mass is 323 g/mol. The van der Waals surface area contributed by atoms with Gasteiger partial charge in [-0.15, -0.1) is 0 Å². The number of anilines is 1. The van der Waals surface area contributed by atoms with Gasteiger partial charge in [0.05, 0.1) is 12.8 Å². The number of nitrogen functional groups attached to an aromatic ring is 1. The van der Waals surface area contributed by atoms with Crippen LogP contribution in [0.25, 0.3) is 11.3 Å². The van der Waals surface area contributed by atoms with Crippen molar-refractivity contribution in [2.75, 3.05) is 12.8 Å². The summed E-state index contributed by atoms with van der Waals surface area (Å²) < 4.78 is 5.44. The van der Waals surface area contributed by atoms with Crippen molar-refractivity contribution in [2.45, 2.75) is 16.7 Å². The molecule has 2 aromatic carbocycles. The zero-order valence-electron chi connectivity index (χ0n) is 13.0. The van der Waals surface area contributed by atoms with Crippen LogP contribution in [0.1, 0.15) is 5.56 Å². The number of aryl methyl sites for hydroxylation is 1. The first-order chi connectivity index (χ1) is 11.2.